The molecule has 1 aliphatic rings. The molecule has 0 unspecified atom stereocenters. The van der Waals surface area contributed by atoms with E-state index in [0.29, 0.717) is 16.6 Å². The zero-order chi connectivity index (χ0) is 14.2. The second-order valence-electron chi connectivity index (χ2n) is 3.91. The Kier molecular flexibility index (Phi) is 3.27. The number of rotatable bonds is 2. The summed E-state index contributed by atoms with van der Waals surface area (Å²) >= 11 is 0. The van der Waals surface area contributed by atoms with Gasteiger partial charge in [-0.05, 0) is 12.5 Å². The maximum Gasteiger partial charge on any atom is 0.343 e. The normalized spacial score (nSPS) is 15.9. The minimum Gasteiger partial charge on any atom is -0.278 e. The second kappa shape index (κ2) is 4.61. The highest BCUT2D eigenvalue weighted by Crippen LogP contribution is 2.16. The number of halogens is 1. The van der Waals surface area contributed by atoms with E-state index in [0.717, 1.165) is 4.57 Å². The first kappa shape index (κ1) is 13.5. The van der Waals surface area contributed by atoms with Crippen LogP contribution < -0.4 is 11.2 Å². The molecule has 1 aromatic heterocycles. The standard InChI is InChI=1S/C11H12FN3O3S/c1-13-10-9(12)7-15(11(16)14(10)2)19(17,18)8-5-3-4-6-8/h3,5-7H,4H2,1-2H3. The van der Waals surface area contributed by atoms with E-state index in [9.17, 15) is 17.6 Å². The molecule has 0 N–H and O–H groups in total. The van der Waals surface area contributed by atoms with Gasteiger partial charge in [0.05, 0.1) is 11.1 Å². The molecule has 0 saturated heterocycles. The largest absolute Gasteiger partial charge is 0.343 e. The summed E-state index contributed by atoms with van der Waals surface area (Å²) in [6.45, 7) is 0. The van der Waals surface area contributed by atoms with Crippen LogP contribution in [0.5, 0.6) is 0 Å². The first-order valence-corrected chi connectivity index (χ1v) is 6.87. The van der Waals surface area contributed by atoms with Gasteiger partial charge >= 0.3 is 5.69 Å². The van der Waals surface area contributed by atoms with E-state index in [4.69, 9.17) is 0 Å². The highest BCUT2D eigenvalue weighted by molar-refractivity contribution is 7.94. The summed E-state index contributed by atoms with van der Waals surface area (Å²) in [6, 6.07) is 0. The van der Waals surface area contributed by atoms with E-state index in [1.165, 1.54) is 26.2 Å². The Morgan fingerprint density at radius 2 is 2.11 bits per heavy atom. The van der Waals surface area contributed by atoms with Gasteiger partial charge in [0.1, 0.15) is 0 Å². The topological polar surface area (TPSA) is 73.4 Å². The van der Waals surface area contributed by atoms with Gasteiger partial charge in [-0.15, -0.1) is 0 Å². The summed E-state index contributed by atoms with van der Waals surface area (Å²) in [6.07, 6.45) is 5.60. The van der Waals surface area contributed by atoms with Crippen LogP contribution in [0, 0.1) is 5.82 Å². The Labute approximate surface area is 108 Å². The van der Waals surface area contributed by atoms with Gasteiger partial charge in [0, 0.05) is 14.1 Å². The van der Waals surface area contributed by atoms with Crippen molar-refractivity contribution in [2.24, 2.45) is 12.0 Å². The van der Waals surface area contributed by atoms with Gasteiger partial charge in [0.2, 0.25) is 0 Å². The number of aromatic nitrogens is 2. The molecule has 1 aliphatic carbocycles. The van der Waals surface area contributed by atoms with Crippen molar-refractivity contribution in [2.45, 2.75) is 6.42 Å². The number of hydrogen-bond acceptors (Lipinski definition) is 4. The van der Waals surface area contributed by atoms with Gasteiger partial charge in [0.15, 0.2) is 11.3 Å². The molecule has 0 spiro atoms. The first-order chi connectivity index (χ1) is 8.89. The van der Waals surface area contributed by atoms with Gasteiger partial charge in [-0.3, -0.25) is 9.56 Å². The van der Waals surface area contributed by atoms with Crippen LogP contribution in [-0.4, -0.2) is 24.0 Å². The summed E-state index contributed by atoms with van der Waals surface area (Å²) in [7, 11) is -1.48. The molecule has 0 fully saturated rings. The zero-order valence-electron chi connectivity index (χ0n) is 10.4. The van der Waals surface area contributed by atoms with Crippen molar-refractivity contribution in [1.29, 1.82) is 0 Å². The molecule has 1 heterocycles. The molecule has 1 aromatic rings. The van der Waals surface area contributed by atoms with Crippen molar-refractivity contribution >= 4 is 10.0 Å². The van der Waals surface area contributed by atoms with Crippen molar-refractivity contribution in [2.75, 3.05) is 7.05 Å². The van der Waals surface area contributed by atoms with Gasteiger partial charge in [0.25, 0.3) is 10.0 Å². The average molecular weight is 285 g/mol. The maximum atomic E-state index is 13.7. The van der Waals surface area contributed by atoms with Crippen LogP contribution >= 0.6 is 0 Å². The fourth-order valence-corrected chi connectivity index (χ4v) is 3.15. The Balaban J connectivity index is 2.80. The van der Waals surface area contributed by atoms with Gasteiger partial charge in [-0.1, -0.05) is 12.2 Å². The van der Waals surface area contributed by atoms with E-state index < -0.39 is 21.5 Å². The number of nitrogens with zero attached hydrogens (tertiary/aromatic N) is 3. The molecule has 0 saturated carbocycles. The molecule has 0 amide bonds. The summed E-state index contributed by atoms with van der Waals surface area (Å²) in [4.78, 5) is 15.6. The van der Waals surface area contributed by atoms with Crippen LogP contribution in [0.1, 0.15) is 6.42 Å². The van der Waals surface area contributed by atoms with Crippen LogP contribution in [0.3, 0.4) is 0 Å². The van der Waals surface area contributed by atoms with Crippen LogP contribution in [0.15, 0.2) is 39.1 Å². The van der Waals surface area contributed by atoms with Crippen LogP contribution in [0.4, 0.5) is 4.39 Å². The summed E-state index contributed by atoms with van der Waals surface area (Å²) < 4.78 is 39.4. The fourth-order valence-electron chi connectivity index (χ4n) is 1.78. The lowest BCUT2D eigenvalue weighted by molar-refractivity contribution is 0.540. The second-order valence-corrected chi connectivity index (χ2v) is 5.73. The smallest absolute Gasteiger partial charge is 0.278 e. The van der Waals surface area contributed by atoms with E-state index in [1.54, 1.807) is 6.08 Å². The van der Waals surface area contributed by atoms with Crippen molar-refractivity contribution in [3.8, 4) is 0 Å². The minimum absolute atomic E-state index is 0.0183. The van der Waals surface area contributed by atoms with Crippen molar-refractivity contribution < 1.29 is 12.8 Å². The molecule has 0 aliphatic heterocycles. The quantitative estimate of drug-likeness (QED) is 0.760. The highest BCUT2D eigenvalue weighted by Gasteiger charge is 2.23. The molecule has 6 nitrogen and oxygen atoms in total. The Morgan fingerprint density at radius 1 is 1.42 bits per heavy atom. The van der Waals surface area contributed by atoms with E-state index in [2.05, 4.69) is 4.99 Å². The van der Waals surface area contributed by atoms with Gasteiger partial charge < -0.3 is 0 Å². The first-order valence-electron chi connectivity index (χ1n) is 5.43. The third-order valence-electron chi connectivity index (χ3n) is 2.74. The molecular weight excluding hydrogens is 273 g/mol. The van der Waals surface area contributed by atoms with E-state index in [1.807, 2.05) is 0 Å². The monoisotopic (exact) mass is 285 g/mol. The fraction of sp³-hybridized carbons (Fsp3) is 0.273. The van der Waals surface area contributed by atoms with Crippen molar-refractivity contribution in [3.63, 3.8) is 0 Å². The molecule has 2 rings (SSSR count). The molecule has 102 valence electrons. The lowest BCUT2D eigenvalue weighted by Crippen LogP contribution is -2.42. The molecule has 0 radical (unpaired) electrons. The Hall–Kier alpha value is -1.96. The lowest BCUT2D eigenvalue weighted by atomic mass is 10.5. The summed E-state index contributed by atoms with van der Waals surface area (Å²) in [5.74, 6) is -0.879. The summed E-state index contributed by atoms with van der Waals surface area (Å²) in [5.41, 5.74) is -1.07. The number of hydrogen-bond donors (Lipinski definition) is 0. The van der Waals surface area contributed by atoms with Crippen molar-refractivity contribution in [1.82, 2.24) is 8.54 Å². The molecule has 0 bridgehead atoms. The SMILES string of the molecule is CN=c1c(F)cn(S(=O)(=O)C2=CCC=C2)c(=O)n1C. The lowest BCUT2D eigenvalue weighted by Gasteiger charge is -2.09. The van der Waals surface area contributed by atoms with Gasteiger partial charge in [-0.2, -0.15) is 3.97 Å². The molecule has 0 atom stereocenters. The van der Waals surface area contributed by atoms with Crippen molar-refractivity contribution in [3.05, 3.63) is 51.1 Å². The highest BCUT2D eigenvalue weighted by atomic mass is 32.2. The molecule has 19 heavy (non-hydrogen) atoms. The summed E-state index contributed by atoms with van der Waals surface area (Å²) in [5, 5.41) is 0. The van der Waals surface area contributed by atoms with E-state index >= 15 is 0 Å². The predicted molar refractivity (Wildman–Crippen MR) is 67.3 cm³/mol. The van der Waals surface area contributed by atoms with Crippen LogP contribution in [0.25, 0.3) is 0 Å². The molecular formula is C11H12FN3O3S. The third kappa shape index (κ3) is 2.07. The van der Waals surface area contributed by atoms with Crippen LogP contribution in [0.2, 0.25) is 0 Å². The Morgan fingerprint density at radius 3 is 2.63 bits per heavy atom. The zero-order valence-corrected chi connectivity index (χ0v) is 11.2. The maximum absolute atomic E-state index is 13.7. The average Bonchev–Trinajstić information content (AvgIpc) is 2.88. The molecule has 8 heteroatoms. The molecule has 0 aromatic carbocycles. The predicted octanol–water partition coefficient (Wildman–Crippen LogP) is -0.122. The third-order valence-corrected chi connectivity index (χ3v) is 4.42. The minimum atomic E-state index is -4.06. The van der Waals surface area contributed by atoms with Gasteiger partial charge in [-0.25, -0.2) is 17.6 Å². The van der Waals surface area contributed by atoms with Crippen LogP contribution in [-0.2, 0) is 17.1 Å². The Bertz CT molecular complexity index is 813. The van der Waals surface area contributed by atoms with E-state index in [-0.39, 0.29) is 10.4 Å². The number of allylic oxidation sites excluding steroid dienone is 3.